The quantitative estimate of drug-likeness (QED) is 0.597. The maximum Gasteiger partial charge on any atom is 0.336 e. The molecule has 2 amide bonds. The van der Waals surface area contributed by atoms with Gasteiger partial charge in [-0.2, -0.15) is 0 Å². The Labute approximate surface area is 184 Å². The first-order chi connectivity index (χ1) is 15.5. The molecule has 0 radical (unpaired) electrons. The average molecular weight is 436 g/mol. The Morgan fingerprint density at radius 2 is 1.91 bits per heavy atom. The molecule has 8 nitrogen and oxygen atoms in total. The highest BCUT2D eigenvalue weighted by Gasteiger charge is 2.17. The fraction of sp³-hybridized carbons (Fsp3) is 0.292. The minimum Gasteiger partial charge on any atom is -0.484 e. The van der Waals surface area contributed by atoms with E-state index in [1.165, 1.54) is 6.07 Å². The maximum atomic E-state index is 12.6. The number of rotatable bonds is 6. The first kappa shape index (κ1) is 21.6. The summed E-state index contributed by atoms with van der Waals surface area (Å²) in [6.45, 7) is 4.01. The Hall–Kier alpha value is -3.65. The molecule has 0 spiro atoms. The molecule has 0 atom stereocenters. The molecule has 1 fully saturated rings. The van der Waals surface area contributed by atoms with E-state index in [4.69, 9.17) is 13.9 Å². The van der Waals surface area contributed by atoms with Crippen LogP contribution in [0.3, 0.4) is 0 Å². The number of hydrogen-bond acceptors (Lipinski definition) is 6. The van der Waals surface area contributed by atoms with Crippen LogP contribution in [0.5, 0.6) is 5.75 Å². The number of morpholine rings is 1. The van der Waals surface area contributed by atoms with Crippen LogP contribution in [0.4, 0.5) is 5.69 Å². The van der Waals surface area contributed by atoms with E-state index in [0.29, 0.717) is 48.9 Å². The highest BCUT2D eigenvalue weighted by atomic mass is 16.5. The number of hydrogen-bond donors (Lipinski definition) is 1. The van der Waals surface area contributed by atoms with Gasteiger partial charge in [-0.15, -0.1) is 0 Å². The summed E-state index contributed by atoms with van der Waals surface area (Å²) < 4.78 is 16.1. The number of carbonyl (C=O) groups is 2. The zero-order valence-corrected chi connectivity index (χ0v) is 17.8. The van der Waals surface area contributed by atoms with Crippen molar-refractivity contribution < 1.29 is 23.5 Å². The van der Waals surface area contributed by atoms with Crippen LogP contribution in [0.2, 0.25) is 0 Å². The summed E-state index contributed by atoms with van der Waals surface area (Å²) in [6.07, 6.45) is 0.0196. The van der Waals surface area contributed by atoms with E-state index in [9.17, 15) is 14.4 Å². The standard InChI is InChI=1S/C24H24N2O6/c1-16-5-6-20-17(13-24(29)32-21(20)11-16)12-22(27)25-18-3-2-4-19(14-18)31-15-23(28)26-7-9-30-10-8-26/h2-6,11,13-14H,7-10,12,15H2,1H3,(H,25,27). The Morgan fingerprint density at radius 3 is 2.72 bits per heavy atom. The van der Waals surface area contributed by atoms with Crippen LogP contribution in [0, 0.1) is 6.92 Å². The van der Waals surface area contributed by atoms with Crippen LogP contribution >= 0.6 is 0 Å². The molecule has 0 unspecified atom stereocenters. The molecule has 2 aromatic carbocycles. The van der Waals surface area contributed by atoms with E-state index < -0.39 is 5.63 Å². The van der Waals surface area contributed by atoms with Gasteiger partial charge in [0.15, 0.2) is 6.61 Å². The van der Waals surface area contributed by atoms with Crippen molar-refractivity contribution in [2.24, 2.45) is 0 Å². The highest BCUT2D eigenvalue weighted by Crippen LogP contribution is 2.21. The molecule has 166 valence electrons. The van der Waals surface area contributed by atoms with Crippen molar-refractivity contribution in [1.82, 2.24) is 4.90 Å². The van der Waals surface area contributed by atoms with Gasteiger partial charge in [-0.05, 0) is 36.2 Å². The number of amides is 2. The summed E-state index contributed by atoms with van der Waals surface area (Å²) in [5, 5.41) is 3.54. The van der Waals surface area contributed by atoms with E-state index in [0.717, 1.165) is 10.9 Å². The fourth-order valence-electron chi connectivity index (χ4n) is 3.57. The summed E-state index contributed by atoms with van der Waals surface area (Å²) in [7, 11) is 0. The SMILES string of the molecule is Cc1ccc2c(CC(=O)Nc3cccc(OCC(=O)N4CCOCC4)c3)cc(=O)oc2c1. The van der Waals surface area contributed by atoms with Crippen molar-refractivity contribution in [2.45, 2.75) is 13.3 Å². The lowest BCUT2D eigenvalue weighted by atomic mass is 10.1. The second-order valence-electron chi connectivity index (χ2n) is 7.62. The predicted molar refractivity (Wildman–Crippen MR) is 119 cm³/mol. The summed E-state index contributed by atoms with van der Waals surface area (Å²) in [5.41, 5.74) is 2.06. The van der Waals surface area contributed by atoms with Gasteiger partial charge in [-0.3, -0.25) is 9.59 Å². The van der Waals surface area contributed by atoms with Crippen molar-refractivity contribution in [1.29, 1.82) is 0 Å². The Kier molecular flexibility index (Phi) is 6.51. The number of carbonyl (C=O) groups excluding carboxylic acids is 2. The van der Waals surface area contributed by atoms with E-state index >= 15 is 0 Å². The highest BCUT2D eigenvalue weighted by molar-refractivity contribution is 5.95. The topological polar surface area (TPSA) is 98.1 Å². The predicted octanol–water partition coefficient (Wildman–Crippen LogP) is 2.52. The van der Waals surface area contributed by atoms with Gasteiger partial charge in [-0.1, -0.05) is 18.2 Å². The number of anilines is 1. The maximum absolute atomic E-state index is 12.6. The Balaban J connectivity index is 1.39. The van der Waals surface area contributed by atoms with Crippen LogP contribution in [0.15, 0.2) is 57.7 Å². The molecule has 4 rings (SSSR count). The van der Waals surface area contributed by atoms with Crippen molar-refractivity contribution in [3.05, 3.63) is 70.1 Å². The third-order valence-corrected chi connectivity index (χ3v) is 5.18. The van der Waals surface area contributed by atoms with Crippen molar-refractivity contribution in [3.8, 4) is 5.75 Å². The van der Waals surface area contributed by atoms with Crippen molar-refractivity contribution >= 4 is 28.5 Å². The number of fused-ring (bicyclic) bond motifs is 1. The van der Waals surface area contributed by atoms with E-state index in [1.54, 1.807) is 35.2 Å². The number of aryl methyl sites for hydroxylation is 1. The largest absolute Gasteiger partial charge is 0.484 e. The van der Waals surface area contributed by atoms with Crippen molar-refractivity contribution in [2.75, 3.05) is 38.2 Å². The third kappa shape index (κ3) is 5.33. The van der Waals surface area contributed by atoms with Gasteiger partial charge in [0.25, 0.3) is 5.91 Å². The van der Waals surface area contributed by atoms with Gasteiger partial charge in [0.1, 0.15) is 11.3 Å². The summed E-state index contributed by atoms with van der Waals surface area (Å²) in [6, 6.07) is 13.7. The monoisotopic (exact) mass is 436 g/mol. The molecule has 0 saturated carbocycles. The first-order valence-electron chi connectivity index (χ1n) is 10.4. The van der Waals surface area contributed by atoms with Crippen LogP contribution in [0.25, 0.3) is 11.0 Å². The minimum absolute atomic E-state index is 0.0196. The summed E-state index contributed by atoms with van der Waals surface area (Å²) in [4.78, 5) is 38.5. The molecule has 1 aromatic heterocycles. The number of ether oxygens (including phenoxy) is 2. The van der Waals surface area contributed by atoms with E-state index in [2.05, 4.69) is 5.32 Å². The van der Waals surface area contributed by atoms with E-state index in [-0.39, 0.29) is 24.8 Å². The van der Waals surface area contributed by atoms with Crippen LogP contribution in [0.1, 0.15) is 11.1 Å². The van der Waals surface area contributed by atoms with Gasteiger partial charge in [0, 0.05) is 36.3 Å². The molecule has 32 heavy (non-hydrogen) atoms. The molecule has 3 aromatic rings. The second kappa shape index (κ2) is 9.65. The molecule has 8 heteroatoms. The molecular formula is C24H24N2O6. The zero-order valence-electron chi connectivity index (χ0n) is 17.8. The molecule has 0 bridgehead atoms. The Bertz CT molecular complexity index is 1200. The second-order valence-corrected chi connectivity index (χ2v) is 7.62. The number of benzene rings is 2. The van der Waals surface area contributed by atoms with Gasteiger partial charge in [0.05, 0.1) is 19.6 Å². The average Bonchev–Trinajstić information content (AvgIpc) is 2.77. The number of nitrogens with one attached hydrogen (secondary N) is 1. The lowest BCUT2D eigenvalue weighted by molar-refractivity contribution is -0.137. The molecular weight excluding hydrogens is 412 g/mol. The zero-order chi connectivity index (χ0) is 22.5. The first-order valence-corrected chi connectivity index (χ1v) is 10.4. The molecule has 1 N–H and O–H groups in total. The van der Waals surface area contributed by atoms with Gasteiger partial charge >= 0.3 is 5.63 Å². The fourth-order valence-corrected chi connectivity index (χ4v) is 3.57. The molecule has 0 aliphatic carbocycles. The number of nitrogens with zero attached hydrogens (tertiary/aromatic N) is 1. The smallest absolute Gasteiger partial charge is 0.336 e. The molecule has 1 saturated heterocycles. The van der Waals surface area contributed by atoms with Crippen LogP contribution in [-0.4, -0.2) is 49.6 Å². The molecule has 2 heterocycles. The van der Waals surface area contributed by atoms with Crippen molar-refractivity contribution in [3.63, 3.8) is 0 Å². The summed E-state index contributed by atoms with van der Waals surface area (Å²) in [5.74, 6) is 0.0949. The van der Waals surface area contributed by atoms with Gasteiger partial charge in [-0.25, -0.2) is 4.79 Å². The van der Waals surface area contributed by atoms with Gasteiger partial charge < -0.3 is 24.1 Å². The summed E-state index contributed by atoms with van der Waals surface area (Å²) >= 11 is 0. The molecule has 1 aliphatic heterocycles. The van der Waals surface area contributed by atoms with E-state index in [1.807, 2.05) is 19.1 Å². The van der Waals surface area contributed by atoms with Crippen LogP contribution < -0.4 is 15.7 Å². The minimum atomic E-state index is -0.494. The third-order valence-electron chi connectivity index (χ3n) is 5.18. The lowest BCUT2D eigenvalue weighted by Gasteiger charge is -2.26. The lowest BCUT2D eigenvalue weighted by Crippen LogP contribution is -2.42. The molecule has 1 aliphatic rings. The normalized spacial score (nSPS) is 13.7. The van der Waals surface area contributed by atoms with Gasteiger partial charge in [0.2, 0.25) is 5.91 Å². The van der Waals surface area contributed by atoms with Crippen LogP contribution in [-0.2, 0) is 20.7 Å². The Morgan fingerprint density at radius 1 is 1.09 bits per heavy atom.